The summed E-state index contributed by atoms with van der Waals surface area (Å²) in [5.41, 5.74) is 4.35. The quantitative estimate of drug-likeness (QED) is 0.758. The summed E-state index contributed by atoms with van der Waals surface area (Å²) >= 11 is 0. The number of hydrogen-bond acceptors (Lipinski definition) is 1. The molecule has 0 saturated carbocycles. The van der Waals surface area contributed by atoms with Gasteiger partial charge in [0.1, 0.15) is 0 Å². The fraction of sp³-hybridized carbons (Fsp3) is 0.333. The van der Waals surface area contributed by atoms with Gasteiger partial charge in [0.2, 0.25) is 0 Å². The van der Waals surface area contributed by atoms with Crippen LogP contribution in [0.2, 0.25) is 0 Å². The third-order valence-corrected chi connectivity index (χ3v) is 5.08. The van der Waals surface area contributed by atoms with Crippen LogP contribution in [0.1, 0.15) is 29.9 Å². The number of piperidine rings is 1. The summed E-state index contributed by atoms with van der Waals surface area (Å²) < 4.78 is 2.46. The van der Waals surface area contributed by atoms with Crippen LogP contribution in [-0.4, -0.2) is 17.7 Å². The van der Waals surface area contributed by atoms with E-state index < -0.39 is 0 Å². The van der Waals surface area contributed by atoms with E-state index in [1.54, 1.807) is 5.56 Å². The van der Waals surface area contributed by atoms with Crippen LogP contribution < -0.4 is 5.32 Å². The molecule has 0 radical (unpaired) electrons. The lowest BCUT2D eigenvalue weighted by Crippen LogP contribution is -2.26. The molecule has 0 bridgehead atoms. The van der Waals surface area contributed by atoms with Crippen molar-refractivity contribution in [2.24, 2.45) is 0 Å². The Morgan fingerprint density at radius 2 is 1.65 bits per heavy atom. The van der Waals surface area contributed by atoms with Gasteiger partial charge in [-0.1, -0.05) is 48.5 Å². The maximum atomic E-state index is 3.48. The van der Waals surface area contributed by atoms with Crippen LogP contribution in [0.25, 0.3) is 10.9 Å². The standard InChI is InChI=1S/C21H24N2/c1-2-6-17(7-3-1)12-15-23-16-20(18-10-13-22-14-11-18)19-8-4-5-9-21(19)23/h1-9,16,18,22H,10-15H2. The molecule has 0 spiro atoms. The molecule has 2 nitrogen and oxygen atoms in total. The first-order valence-electron chi connectivity index (χ1n) is 8.74. The summed E-state index contributed by atoms with van der Waals surface area (Å²) in [5.74, 6) is 0.708. The number of hydrogen-bond donors (Lipinski definition) is 1. The summed E-state index contributed by atoms with van der Waals surface area (Å²) in [6, 6.07) is 19.7. The molecule has 23 heavy (non-hydrogen) atoms. The Kier molecular flexibility index (Phi) is 4.16. The molecule has 4 rings (SSSR count). The molecule has 1 aliphatic rings. The molecule has 2 heteroatoms. The second-order valence-corrected chi connectivity index (χ2v) is 6.55. The number of rotatable bonds is 4. The number of fused-ring (bicyclic) bond motifs is 1. The van der Waals surface area contributed by atoms with Crippen LogP contribution in [0.3, 0.4) is 0 Å². The van der Waals surface area contributed by atoms with E-state index in [4.69, 9.17) is 0 Å². The van der Waals surface area contributed by atoms with Crippen LogP contribution in [0.4, 0.5) is 0 Å². The number of aryl methyl sites for hydroxylation is 2. The Morgan fingerprint density at radius 1 is 0.913 bits per heavy atom. The number of nitrogens with zero attached hydrogens (tertiary/aromatic N) is 1. The van der Waals surface area contributed by atoms with E-state index in [2.05, 4.69) is 70.7 Å². The second-order valence-electron chi connectivity index (χ2n) is 6.55. The van der Waals surface area contributed by atoms with Crippen molar-refractivity contribution < 1.29 is 0 Å². The van der Waals surface area contributed by atoms with Crippen LogP contribution in [-0.2, 0) is 13.0 Å². The molecule has 3 aromatic rings. The molecule has 1 aromatic heterocycles. The zero-order chi connectivity index (χ0) is 15.5. The molecule has 0 atom stereocenters. The van der Waals surface area contributed by atoms with E-state index in [1.165, 1.54) is 29.3 Å². The van der Waals surface area contributed by atoms with Crippen molar-refractivity contribution in [3.63, 3.8) is 0 Å². The average Bonchev–Trinajstić information content (AvgIpc) is 3.01. The van der Waals surface area contributed by atoms with Gasteiger partial charge < -0.3 is 9.88 Å². The van der Waals surface area contributed by atoms with E-state index >= 15 is 0 Å². The average molecular weight is 304 g/mol. The lowest BCUT2D eigenvalue weighted by atomic mass is 9.90. The number of aromatic nitrogens is 1. The summed E-state index contributed by atoms with van der Waals surface area (Å²) in [6.45, 7) is 3.35. The van der Waals surface area contributed by atoms with Gasteiger partial charge in [0, 0.05) is 23.6 Å². The predicted octanol–water partition coefficient (Wildman–Crippen LogP) is 4.35. The Morgan fingerprint density at radius 3 is 2.48 bits per heavy atom. The normalized spacial score (nSPS) is 16.0. The highest BCUT2D eigenvalue weighted by Crippen LogP contribution is 2.33. The molecule has 2 heterocycles. The molecular formula is C21H24N2. The first kappa shape index (κ1) is 14.5. The molecule has 118 valence electrons. The Labute approximate surface area is 138 Å². The Balaban J connectivity index is 1.64. The molecule has 1 aliphatic heterocycles. The van der Waals surface area contributed by atoms with Crippen LogP contribution in [0.5, 0.6) is 0 Å². The van der Waals surface area contributed by atoms with Crippen LogP contribution in [0, 0.1) is 0 Å². The summed E-state index contributed by atoms with van der Waals surface area (Å²) in [7, 11) is 0. The molecule has 1 N–H and O–H groups in total. The topological polar surface area (TPSA) is 17.0 Å². The van der Waals surface area contributed by atoms with Gasteiger partial charge in [0.15, 0.2) is 0 Å². The zero-order valence-corrected chi connectivity index (χ0v) is 13.5. The van der Waals surface area contributed by atoms with E-state index in [9.17, 15) is 0 Å². The number of nitrogens with one attached hydrogen (secondary N) is 1. The van der Waals surface area contributed by atoms with Crippen molar-refractivity contribution in [1.82, 2.24) is 9.88 Å². The van der Waals surface area contributed by atoms with Gasteiger partial charge >= 0.3 is 0 Å². The van der Waals surface area contributed by atoms with Gasteiger partial charge in [0.25, 0.3) is 0 Å². The predicted molar refractivity (Wildman–Crippen MR) is 96.9 cm³/mol. The highest BCUT2D eigenvalue weighted by Gasteiger charge is 2.19. The van der Waals surface area contributed by atoms with Crippen LogP contribution in [0.15, 0.2) is 60.8 Å². The maximum absolute atomic E-state index is 3.48. The zero-order valence-electron chi connectivity index (χ0n) is 13.5. The molecule has 0 unspecified atom stereocenters. The van der Waals surface area contributed by atoms with Gasteiger partial charge in [-0.25, -0.2) is 0 Å². The third kappa shape index (κ3) is 3.04. The van der Waals surface area contributed by atoms with Crippen molar-refractivity contribution >= 4 is 10.9 Å². The smallest absolute Gasteiger partial charge is 0.0483 e. The van der Waals surface area contributed by atoms with Gasteiger partial charge in [0.05, 0.1) is 0 Å². The minimum Gasteiger partial charge on any atom is -0.347 e. The fourth-order valence-electron chi connectivity index (χ4n) is 3.81. The minimum absolute atomic E-state index is 0.708. The highest BCUT2D eigenvalue weighted by molar-refractivity contribution is 5.84. The molecule has 2 aromatic carbocycles. The molecule has 1 saturated heterocycles. The van der Waals surface area contributed by atoms with E-state index in [0.717, 1.165) is 26.1 Å². The second kappa shape index (κ2) is 6.59. The van der Waals surface area contributed by atoms with Crippen molar-refractivity contribution in [3.05, 3.63) is 71.9 Å². The summed E-state index contributed by atoms with van der Waals surface area (Å²) in [6.07, 6.45) is 6.02. The highest BCUT2D eigenvalue weighted by atomic mass is 15.0. The SMILES string of the molecule is c1ccc(CCn2cc(C3CCNCC3)c3ccccc32)cc1. The van der Waals surface area contributed by atoms with Gasteiger partial charge in [-0.3, -0.25) is 0 Å². The monoisotopic (exact) mass is 304 g/mol. The Bertz CT molecular complexity index is 767. The first-order chi connectivity index (χ1) is 11.4. The van der Waals surface area contributed by atoms with Gasteiger partial charge in [-0.05, 0) is 55.5 Å². The lowest BCUT2D eigenvalue weighted by Gasteiger charge is -2.22. The molecule has 0 aliphatic carbocycles. The third-order valence-electron chi connectivity index (χ3n) is 5.08. The van der Waals surface area contributed by atoms with Gasteiger partial charge in [-0.2, -0.15) is 0 Å². The number of para-hydroxylation sites is 1. The van der Waals surface area contributed by atoms with Gasteiger partial charge in [-0.15, -0.1) is 0 Å². The largest absolute Gasteiger partial charge is 0.347 e. The molecule has 1 fully saturated rings. The van der Waals surface area contributed by atoms with Crippen molar-refractivity contribution in [2.45, 2.75) is 31.7 Å². The van der Waals surface area contributed by atoms with Crippen molar-refractivity contribution in [2.75, 3.05) is 13.1 Å². The van der Waals surface area contributed by atoms with E-state index in [-0.39, 0.29) is 0 Å². The van der Waals surface area contributed by atoms with Crippen molar-refractivity contribution in [1.29, 1.82) is 0 Å². The number of benzene rings is 2. The Hall–Kier alpha value is -2.06. The summed E-state index contributed by atoms with van der Waals surface area (Å²) in [4.78, 5) is 0. The summed E-state index contributed by atoms with van der Waals surface area (Å²) in [5, 5.41) is 4.93. The van der Waals surface area contributed by atoms with E-state index in [0.29, 0.717) is 5.92 Å². The lowest BCUT2D eigenvalue weighted by molar-refractivity contribution is 0.461. The maximum Gasteiger partial charge on any atom is 0.0483 e. The van der Waals surface area contributed by atoms with E-state index in [1.807, 2.05) is 0 Å². The van der Waals surface area contributed by atoms with Crippen molar-refractivity contribution in [3.8, 4) is 0 Å². The first-order valence-corrected chi connectivity index (χ1v) is 8.74. The van der Waals surface area contributed by atoms with Crippen LogP contribution >= 0.6 is 0 Å². The fourth-order valence-corrected chi connectivity index (χ4v) is 3.81. The molecular weight excluding hydrogens is 280 g/mol. The minimum atomic E-state index is 0.708. The molecule has 0 amide bonds.